The molecule has 2 heterocycles. The van der Waals surface area contributed by atoms with Crippen molar-refractivity contribution in [2.75, 3.05) is 0 Å². The van der Waals surface area contributed by atoms with Gasteiger partial charge in [0.05, 0.1) is 5.56 Å². The van der Waals surface area contributed by atoms with Crippen LogP contribution in [-0.4, -0.2) is 24.0 Å². The van der Waals surface area contributed by atoms with E-state index in [1.54, 1.807) is 18.2 Å². The third-order valence-electron chi connectivity index (χ3n) is 5.07. The quantitative estimate of drug-likeness (QED) is 0.883. The van der Waals surface area contributed by atoms with Gasteiger partial charge in [-0.25, -0.2) is 0 Å². The van der Waals surface area contributed by atoms with E-state index in [-0.39, 0.29) is 28.9 Å². The molecule has 2 fully saturated rings. The van der Waals surface area contributed by atoms with Crippen LogP contribution in [0.25, 0.3) is 10.8 Å². The number of fused-ring (bicyclic) bond motifs is 3. The number of rotatable bonds is 2. The number of hydrogen-bond donors (Lipinski definition) is 2. The standard InChI is InChI=1S/C18H17F3N2O/c19-18(20,21)14-3-1-2-10-4-5-11(8-13(10)14)17(24)23-16-9-12-6-7-15(16)22-12/h1-5,8,12,15-16,22H,6-7,9H2,(H,23,24)/t12-,15+,16-/m1/s1. The highest BCUT2D eigenvalue weighted by Gasteiger charge is 2.39. The second-order valence-electron chi connectivity index (χ2n) is 6.60. The molecular weight excluding hydrogens is 317 g/mol. The maximum Gasteiger partial charge on any atom is 0.417 e. The van der Waals surface area contributed by atoms with Crippen LogP contribution in [0.3, 0.4) is 0 Å². The molecule has 2 aromatic rings. The van der Waals surface area contributed by atoms with E-state index in [2.05, 4.69) is 10.6 Å². The number of amides is 1. The molecule has 1 amide bonds. The van der Waals surface area contributed by atoms with Gasteiger partial charge >= 0.3 is 6.18 Å². The van der Waals surface area contributed by atoms with Gasteiger partial charge in [0.2, 0.25) is 0 Å². The first-order chi connectivity index (χ1) is 11.4. The molecule has 2 bridgehead atoms. The number of carbonyl (C=O) groups is 1. The van der Waals surface area contributed by atoms with Gasteiger partial charge in [0.1, 0.15) is 0 Å². The van der Waals surface area contributed by atoms with Gasteiger partial charge in [-0.15, -0.1) is 0 Å². The minimum absolute atomic E-state index is 0.0590. The Bertz CT molecular complexity index is 802. The van der Waals surface area contributed by atoms with Crippen LogP contribution in [0.2, 0.25) is 0 Å². The molecule has 0 aliphatic carbocycles. The monoisotopic (exact) mass is 334 g/mol. The van der Waals surface area contributed by atoms with Crippen LogP contribution in [0, 0.1) is 0 Å². The van der Waals surface area contributed by atoms with Gasteiger partial charge in [0.15, 0.2) is 0 Å². The molecule has 0 radical (unpaired) electrons. The average Bonchev–Trinajstić information content (AvgIpc) is 3.15. The zero-order valence-electron chi connectivity index (χ0n) is 12.9. The molecule has 24 heavy (non-hydrogen) atoms. The van der Waals surface area contributed by atoms with Crippen molar-refractivity contribution in [3.05, 3.63) is 47.5 Å². The molecule has 0 unspecified atom stereocenters. The molecule has 4 rings (SSSR count). The summed E-state index contributed by atoms with van der Waals surface area (Å²) in [5.41, 5.74) is -0.446. The lowest BCUT2D eigenvalue weighted by Gasteiger charge is -2.21. The van der Waals surface area contributed by atoms with Gasteiger partial charge in [-0.1, -0.05) is 18.2 Å². The predicted molar refractivity (Wildman–Crippen MR) is 84.8 cm³/mol. The molecule has 2 aliphatic heterocycles. The summed E-state index contributed by atoms with van der Waals surface area (Å²) < 4.78 is 39.5. The summed E-state index contributed by atoms with van der Waals surface area (Å²) in [6, 6.07) is 9.33. The van der Waals surface area contributed by atoms with E-state index in [0.717, 1.165) is 25.3 Å². The van der Waals surface area contributed by atoms with E-state index in [0.29, 0.717) is 11.4 Å². The summed E-state index contributed by atoms with van der Waals surface area (Å²) in [6.45, 7) is 0. The number of carbonyl (C=O) groups excluding carboxylic acids is 1. The van der Waals surface area contributed by atoms with Crippen molar-refractivity contribution in [2.24, 2.45) is 0 Å². The molecule has 2 aliphatic rings. The second kappa shape index (κ2) is 5.48. The van der Waals surface area contributed by atoms with Gasteiger partial charge in [-0.3, -0.25) is 4.79 Å². The molecule has 3 atom stereocenters. The van der Waals surface area contributed by atoms with Gasteiger partial charge < -0.3 is 10.6 Å². The average molecular weight is 334 g/mol. The van der Waals surface area contributed by atoms with Gasteiger partial charge in [0.25, 0.3) is 5.91 Å². The Labute approximate surface area is 137 Å². The maximum atomic E-state index is 13.2. The van der Waals surface area contributed by atoms with Crippen LogP contribution >= 0.6 is 0 Å². The Hall–Kier alpha value is -2.08. The number of halogens is 3. The lowest BCUT2D eigenvalue weighted by atomic mass is 9.95. The Morgan fingerprint density at radius 1 is 1.17 bits per heavy atom. The van der Waals surface area contributed by atoms with E-state index in [1.165, 1.54) is 12.1 Å². The second-order valence-corrected chi connectivity index (χ2v) is 6.60. The van der Waals surface area contributed by atoms with Crippen molar-refractivity contribution >= 4 is 16.7 Å². The SMILES string of the molecule is O=C(N[C@@H]1C[C@H]2CC[C@@H]1N2)c1ccc2cccc(C(F)(F)F)c2c1. The van der Waals surface area contributed by atoms with E-state index in [1.807, 2.05) is 0 Å². The highest BCUT2D eigenvalue weighted by atomic mass is 19.4. The summed E-state index contributed by atoms with van der Waals surface area (Å²) in [7, 11) is 0. The first-order valence-corrected chi connectivity index (χ1v) is 8.09. The van der Waals surface area contributed by atoms with Crippen molar-refractivity contribution in [3.63, 3.8) is 0 Å². The molecule has 2 saturated heterocycles. The summed E-state index contributed by atoms with van der Waals surface area (Å²) in [5.74, 6) is -0.312. The fraction of sp³-hybridized carbons (Fsp3) is 0.389. The lowest BCUT2D eigenvalue weighted by Crippen LogP contribution is -2.42. The van der Waals surface area contributed by atoms with E-state index in [9.17, 15) is 18.0 Å². The van der Waals surface area contributed by atoms with Gasteiger partial charge in [-0.05, 0) is 48.2 Å². The highest BCUT2D eigenvalue weighted by Crippen LogP contribution is 2.35. The largest absolute Gasteiger partial charge is 0.417 e. The van der Waals surface area contributed by atoms with Crippen LogP contribution in [0.15, 0.2) is 36.4 Å². The minimum Gasteiger partial charge on any atom is -0.348 e. The molecule has 0 saturated carbocycles. The topological polar surface area (TPSA) is 41.1 Å². The Morgan fingerprint density at radius 2 is 2.00 bits per heavy atom. The Balaban J connectivity index is 1.63. The normalized spacial score (nSPS) is 26.0. The highest BCUT2D eigenvalue weighted by molar-refractivity contribution is 5.99. The van der Waals surface area contributed by atoms with Crippen molar-refractivity contribution in [2.45, 2.75) is 43.6 Å². The fourth-order valence-electron chi connectivity index (χ4n) is 3.90. The molecular formula is C18H17F3N2O. The first-order valence-electron chi connectivity index (χ1n) is 8.09. The molecule has 0 aromatic heterocycles. The van der Waals surface area contributed by atoms with Crippen molar-refractivity contribution in [1.82, 2.24) is 10.6 Å². The Kier molecular flexibility index (Phi) is 3.53. The smallest absolute Gasteiger partial charge is 0.348 e. The third kappa shape index (κ3) is 2.65. The number of nitrogens with one attached hydrogen (secondary N) is 2. The van der Waals surface area contributed by atoms with Crippen LogP contribution in [0.1, 0.15) is 35.2 Å². The van der Waals surface area contributed by atoms with Gasteiger partial charge in [-0.2, -0.15) is 13.2 Å². The summed E-state index contributed by atoms with van der Waals surface area (Å²) in [4.78, 5) is 12.5. The van der Waals surface area contributed by atoms with E-state index in [4.69, 9.17) is 0 Å². The van der Waals surface area contributed by atoms with Crippen LogP contribution < -0.4 is 10.6 Å². The number of benzene rings is 2. The van der Waals surface area contributed by atoms with Crippen LogP contribution in [0.5, 0.6) is 0 Å². The molecule has 2 aromatic carbocycles. The number of alkyl halides is 3. The lowest BCUT2D eigenvalue weighted by molar-refractivity contribution is -0.136. The third-order valence-corrected chi connectivity index (χ3v) is 5.07. The zero-order chi connectivity index (χ0) is 16.9. The molecule has 0 spiro atoms. The van der Waals surface area contributed by atoms with E-state index < -0.39 is 11.7 Å². The fourth-order valence-corrected chi connectivity index (χ4v) is 3.90. The van der Waals surface area contributed by atoms with Crippen LogP contribution in [0.4, 0.5) is 13.2 Å². The minimum atomic E-state index is -4.44. The first kappa shape index (κ1) is 15.4. The van der Waals surface area contributed by atoms with Crippen molar-refractivity contribution in [3.8, 4) is 0 Å². The molecule has 6 heteroatoms. The zero-order valence-corrected chi connectivity index (χ0v) is 12.9. The summed E-state index contributed by atoms with van der Waals surface area (Å²) >= 11 is 0. The van der Waals surface area contributed by atoms with E-state index >= 15 is 0 Å². The van der Waals surface area contributed by atoms with Gasteiger partial charge in [0, 0.05) is 23.7 Å². The summed E-state index contributed by atoms with van der Waals surface area (Å²) in [6.07, 6.45) is -1.39. The molecule has 3 nitrogen and oxygen atoms in total. The van der Waals surface area contributed by atoms with Crippen LogP contribution in [-0.2, 0) is 6.18 Å². The summed E-state index contributed by atoms with van der Waals surface area (Å²) in [5, 5.41) is 6.93. The number of hydrogen-bond acceptors (Lipinski definition) is 2. The molecule has 126 valence electrons. The van der Waals surface area contributed by atoms with Crippen molar-refractivity contribution in [1.29, 1.82) is 0 Å². The predicted octanol–water partition coefficient (Wildman–Crippen LogP) is 3.48. The van der Waals surface area contributed by atoms with Crippen molar-refractivity contribution < 1.29 is 18.0 Å². The Morgan fingerprint density at radius 3 is 2.67 bits per heavy atom. The maximum absolute atomic E-state index is 13.2. The molecule has 2 N–H and O–H groups in total.